The predicted molar refractivity (Wildman–Crippen MR) is 93.0 cm³/mol. The molecule has 3 rings (SSSR count). The summed E-state index contributed by atoms with van der Waals surface area (Å²) in [5.41, 5.74) is 2.44. The third kappa shape index (κ3) is 3.78. The fraction of sp³-hybridized carbons (Fsp3) is 0.158. The summed E-state index contributed by atoms with van der Waals surface area (Å²) in [6.07, 6.45) is 4.96. The van der Waals surface area contributed by atoms with Gasteiger partial charge in [0.2, 0.25) is 5.95 Å². The van der Waals surface area contributed by atoms with E-state index >= 15 is 0 Å². The summed E-state index contributed by atoms with van der Waals surface area (Å²) in [7, 11) is 0. The van der Waals surface area contributed by atoms with Crippen molar-refractivity contribution < 1.29 is 4.39 Å². The van der Waals surface area contributed by atoms with Crippen molar-refractivity contribution in [3.8, 4) is 17.2 Å². The Kier molecular flexibility index (Phi) is 4.40. The van der Waals surface area contributed by atoms with Crippen molar-refractivity contribution in [2.45, 2.75) is 19.4 Å². The number of benzene rings is 1. The second-order valence-electron chi connectivity index (χ2n) is 6.09. The van der Waals surface area contributed by atoms with Gasteiger partial charge in [0.25, 0.3) is 0 Å². The van der Waals surface area contributed by atoms with E-state index in [9.17, 15) is 4.39 Å². The molecule has 0 atom stereocenters. The molecule has 0 aliphatic rings. The highest BCUT2D eigenvalue weighted by atomic mass is 19.1. The monoisotopic (exact) mass is 333 g/mol. The molecule has 0 bridgehead atoms. The summed E-state index contributed by atoms with van der Waals surface area (Å²) < 4.78 is 13.1. The van der Waals surface area contributed by atoms with Crippen LogP contribution in [0.1, 0.15) is 25.1 Å². The first-order valence-electron chi connectivity index (χ1n) is 7.71. The number of nitriles is 1. The van der Waals surface area contributed by atoms with Gasteiger partial charge in [-0.15, -0.1) is 0 Å². The van der Waals surface area contributed by atoms with Crippen LogP contribution < -0.4 is 5.32 Å². The predicted octanol–water partition coefficient (Wildman–Crippen LogP) is 3.90. The van der Waals surface area contributed by atoms with Crippen molar-refractivity contribution in [3.63, 3.8) is 0 Å². The van der Waals surface area contributed by atoms with E-state index in [1.54, 1.807) is 42.9 Å². The number of halogens is 1. The highest BCUT2D eigenvalue weighted by Gasteiger charge is 2.21. The number of nitrogens with zero attached hydrogens (tertiary/aromatic N) is 4. The molecule has 0 unspecified atom stereocenters. The van der Waals surface area contributed by atoms with Crippen LogP contribution in [0.2, 0.25) is 0 Å². The number of nitrogens with one attached hydrogen (secondary N) is 1. The zero-order valence-electron chi connectivity index (χ0n) is 13.9. The van der Waals surface area contributed by atoms with Crippen LogP contribution in [0.4, 0.5) is 10.3 Å². The third-order valence-corrected chi connectivity index (χ3v) is 3.85. The fourth-order valence-corrected chi connectivity index (χ4v) is 2.43. The third-order valence-electron chi connectivity index (χ3n) is 3.85. The van der Waals surface area contributed by atoms with Gasteiger partial charge in [-0.3, -0.25) is 0 Å². The van der Waals surface area contributed by atoms with Crippen molar-refractivity contribution in [3.05, 3.63) is 72.1 Å². The molecule has 6 heteroatoms. The molecule has 5 nitrogen and oxygen atoms in total. The minimum absolute atomic E-state index is 0.269. The van der Waals surface area contributed by atoms with E-state index in [1.807, 2.05) is 19.9 Å². The van der Waals surface area contributed by atoms with Gasteiger partial charge >= 0.3 is 0 Å². The summed E-state index contributed by atoms with van der Waals surface area (Å²) in [5, 5.41) is 12.2. The Morgan fingerprint density at radius 1 is 1.00 bits per heavy atom. The van der Waals surface area contributed by atoms with Crippen LogP contribution in [0.5, 0.6) is 0 Å². The normalized spacial score (nSPS) is 11.0. The lowest BCUT2D eigenvalue weighted by Crippen LogP contribution is -2.28. The summed E-state index contributed by atoms with van der Waals surface area (Å²) >= 11 is 0. The molecule has 25 heavy (non-hydrogen) atoms. The lowest BCUT2D eigenvalue weighted by molar-refractivity contribution is 0.592. The van der Waals surface area contributed by atoms with Gasteiger partial charge < -0.3 is 5.32 Å². The lowest BCUT2D eigenvalue weighted by atomic mass is 9.94. The molecule has 124 valence electrons. The average molecular weight is 333 g/mol. The number of aromatic nitrogens is 3. The SMILES string of the molecule is CC(C)(Nc1ncc(-c2ccnc(C#N)c2)cn1)c1ccc(F)cc1. The first-order chi connectivity index (χ1) is 12.0. The molecule has 1 N–H and O–H groups in total. The van der Waals surface area contributed by atoms with Gasteiger partial charge in [-0.1, -0.05) is 12.1 Å². The smallest absolute Gasteiger partial charge is 0.223 e. The Bertz CT molecular complexity index is 912. The molecule has 0 amide bonds. The Balaban J connectivity index is 1.80. The molecular formula is C19H16FN5. The summed E-state index contributed by atoms with van der Waals surface area (Å²) in [6.45, 7) is 3.94. The molecule has 0 aliphatic heterocycles. The average Bonchev–Trinajstić information content (AvgIpc) is 2.62. The Morgan fingerprint density at radius 3 is 2.32 bits per heavy atom. The van der Waals surface area contributed by atoms with Gasteiger partial charge in [0.05, 0.1) is 5.54 Å². The quantitative estimate of drug-likeness (QED) is 0.784. The van der Waals surface area contributed by atoms with Crippen LogP contribution in [0, 0.1) is 17.1 Å². The van der Waals surface area contributed by atoms with Gasteiger partial charge in [-0.05, 0) is 49.2 Å². The van der Waals surface area contributed by atoms with Crippen molar-refractivity contribution >= 4 is 5.95 Å². The van der Waals surface area contributed by atoms with Crippen molar-refractivity contribution in [2.24, 2.45) is 0 Å². The van der Waals surface area contributed by atoms with Crippen LogP contribution in [0.3, 0.4) is 0 Å². The molecule has 2 heterocycles. The van der Waals surface area contributed by atoms with Crippen LogP contribution in [0.15, 0.2) is 55.0 Å². The molecule has 0 fully saturated rings. The zero-order valence-corrected chi connectivity index (χ0v) is 13.9. The second-order valence-corrected chi connectivity index (χ2v) is 6.09. The number of hydrogen-bond donors (Lipinski definition) is 1. The van der Waals surface area contributed by atoms with Crippen LogP contribution >= 0.6 is 0 Å². The maximum Gasteiger partial charge on any atom is 0.223 e. The number of hydrogen-bond acceptors (Lipinski definition) is 5. The largest absolute Gasteiger partial charge is 0.345 e. The van der Waals surface area contributed by atoms with Crippen LogP contribution in [-0.2, 0) is 5.54 Å². The Hall–Kier alpha value is -3.33. The van der Waals surface area contributed by atoms with Crippen molar-refractivity contribution in [2.75, 3.05) is 5.32 Å². The lowest BCUT2D eigenvalue weighted by Gasteiger charge is -2.26. The molecule has 0 radical (unpaired) electrons. The maximum absolute atomic E-state index is 13.1. The van der Waals surface area contributed by atoms with E-state index in [2.05, 4.69) is 20.3 Å². The van der Waals surface area contributed by atoms with E-state index in [4.69, 9.17) is 5.26 Å². The highest BCUT2D eigenvalue weighted by Crippen LogP contribution is 2.25. The Morgan fingerprint density at radius 2 is 1.68 bits per heavy atom. The summed E-state index contributed by atoms with van der Waals surface area (Å²) in [5.74, 6) is 0.196. The molecular weight excluding hydrogens is 317 g/mol. The fourth-order valence-electron chi connectivity index (χ4n) is 2.43. The van der Waals surface area contributed by atoms with Gasteiger partial charge in [0.15, 0.2) is 0 Å². The molecule has 1 aromatic carbocycles. The summed E-state index contributed by atoms with van der Waals surface area (Å²) in [4.78, 5) is 12.6. The van der Waals surface area contributed by atoms with Crippen LogP contribution in [0.25, 0.3) is 11.1 Å². The minimum Gasteiger partial charge on any atom is -0.345 e. The topological polar surface area (TPSA) is 74.5 Å². The van der Waals surface area contributed by atoms with Crippen LogP contribution in [-0.4, -0.2) is 15.0 Å². The standard InChI is InChI=1S/C19H16FN5/c1-19(2,15-3-5-16(20)6-4-15)25-18-23-11-14(12-24-18)13-7-8-22-17(9-13)10-21/h3-9,11-12H,1-2H3,(H,23,24,25). The molecule has 2 aromatic heterocycles. The number of pyridine rings is 1. The first kappa shape index (κ1) is 16.5. The summed E-state index contributed by atoms with van der Waals surface area (Å²) in [6, 6.07) is 11.8. The minimum atomic E-state index is -0.458. The number of anilines is 1. The van der Waals surface area contributed by atoms with E-state index in [-0.39, 0.29) is 5.82 Å². The molecule has 0 aliphatic carbocycles. The molecule has 3 aromatic rings. The number of rotatable bonds is 4. The van der Waals surface area contributed by atoms with Gasteiger partial charge in [-0.2, -0.15) is 5.26 Å². The van der Waals surface area contributed by atoms with Gasteiger partial charge in [-0.25, -0.2) is 19.3 Å². The van der Waals surface area contributed by atoms with E-state index in [0.29, 0.717) is 11.6 Å². The first-order valence-corrected chi connectivity index (χ1v) is 7.71. The van der Waals surface area contributed by atoms with Crippen molar-refractivity contribution in [1.29, 1.82) is 5.26 Å². The van der Waals surface area contributed by atoms with E-state index < -0.39 is 5.54 Å². The Labute approximate surface area is 145 Å². The van der Waals surface area contributed by atoms with Gasteiger partial charge in [0.1, 0.15) is 17.6 Å². The van der Waals surface area contributed by atoms with Gasteiger partial charge in [0, 0.05) is 24.2 Å². The molecule has 0 saturated heterocycles. The maximum atomic E-state index is 13.1. The molecule has 0 spiro atoms. The van der Waals surface area contributed by atoms with E-state index in [0.717, 1.165) is 16.7 Å². The second kappa shape index (κ2) is 6.65. The van der Waals surface area contributed by atoms with Crippen molar-refractivity contribution in [1.82, 2.24) is 15.0 Å². The molecule has 0 saturated carbocycles. The zero-order chi connectivity index (χ0) is 17.9. The highest BCUT2D eigenvalue weighted by molar-refractivity contribution is 5.62. The van der Waals surface area contributed by atoms with E-state index in [1.165, 1.54) is 12.1 Å².